The molecule has 9 heteroatoms. The molecule has 0 saturated carbocycles. The highest BCUT2D eigenvalue weighted by Crippen LogP contribution is 2.35. The summed E-state index contributed by atoms with van der Waals surface area (Å²) < 4.78 is 46.7. The van der Waals surface area contributed by atoms with Crippen LogP contribution in [0, 0.1) is 0 Å². The number of unbranched alkanes of at least 4 members (excludes halogenated alkanes) is 1. The Bertz CT molecular complexity index is 1040. The lowest BCUT2D eigenvalue weighted by atomic mass is 9.99. The van der Waals surface area contributed by atoms with Gasteiger partial charge in [-0.15, -0.1) is 0 Å². The molecule has 3 heterocycles. The minimum atomic E-state index is -4.44. The Balaban J connectivity index is 1.64. The van der Waals surface area contributed by atoms with Crippen LogP contribution in [0.15, 0.2) is 24.3 Å². The Labute approximate surface area is 197 Å². The highest BCUT2D eigenvalue weighted by molar-refractivity contribution is 5.92. The third-order valence-corrected chi connectivity index (χ3v) is 6.30. The topological polar surface area (TPSA) is 71.7 Å². The van der Waals surface area contributed by atoms with Crippen molar-refractivity contribution in [3.05, 3.63) is 46.5 Å². The van der Waals surface area contributed by atoms with Crippen LogP contribution in [0.5, 0.6) is 5.88 Å². The van der Waals surface area contributed by atoms with Gasteiger partial charge in [-0.05, 0) is 55.6 Å². The number of pyridine rings is 1. The van der Waals surface area contributed by atoms with Crippen molar-refractivity contribution in [2.24, 2.45) is 0 Å². The second kappa shape index (κ2) is 10.2. The number of ether oxygens (including phenoxy) is 1. The molecule has 0 radical (unpaired) electrons. The molecule has 1 aromatic carbocycles. The van der Waals surface area contributed by atoms with Crippen LogP contribution in [0.1, 0.15) is 54.9 Å². The molecule has 1 saturated heterocycles. The molecule has 0 bridgehead atoms. The summed E-state index contributed by atoms with van der Waals surface area (Å²) in [6.07, 6.45) is -0.322. The normalized spacial score (nSPS) is 16.7. The first kappa shape index (κ1) is 24.3. The first-order valence-corrected chi connectivity index (χ1v) is 11.8. The van der Waals surface area contributed by atoms with E-state index in [1.165, 1.54) is 12.1 Å². The van der Waals surface area contributed by atoms with E-state index in [4.69, 9.17) is 10.5 Å². The molecular formula is C25H31F3N4O2. The predicted molar refractivity (Wildman–Crippen MR) is 125 cm³/mol. The number of nitrogens with two attached hydrogens (primary N) is 1. The zero-order valence-corrected chi connectivity index (χ0v) is 19.5. The van der Waals surface area contributed by atoms with Gasteiger partial charge in [0.1, 0.15) is 5.82 Å². The Morgan fingerprint density at radius 2 is 1.79 bits per heavy atom. The molecule has 1 aromatic heterocycles. The number of Topliss-reactive ketones (excluding diaryl/α,β-unsaturated/α-hetero) is 1. The molecule has 6 nitrogen and oxygen atoms in total. The van der Waals surface area contributed by atoms with Crippen molar-refractivity contribution in [1.29, 1.82) is 0 Å². The fraction of sp³-hybridized carbons (Fsp3) is 0.520. The zero-order chi connectivity index (χ0) is 24.3. The van der Waals surface area contributed by atoms with E-state index >= 15 is 0 Å². The number of alkyl halides is 3. The molecule has 4 rings (SSSR count). The molecule has 1 fully saturated rings. The summed E-state index contributed by atoms with van der Waals surface area (Å²) in [7, 11) is 0. The van der Waals surface area contributed by atoms with E-state index in [0.717, 1.165) is 38.8 Å². The largest absolute Gasteiger partial charge is 0.478 e. The maximum absolute atomic E-state index is 13.7. The number of nitrogens with zero attached hydrogens (tertiary/aromatic N) is 3. The summed E-state index contributed by atoms with van der Waals surface area (Å²) >= 11 is 0. The highest BCUT2D eigenvalue weighted by Gasteiger charge is 2.32. The lowest BCUT2D eigenvalue weighted by Gasteiger charge is -2.31. The molecule has 0 spiro atoms. The van der Waals surface area contributed by atoms with Crippen molar-refractivity contribution in [3.8, 4) is 5.88 Å². The van der Waals surface area contributed by atoms with E-state index in [2.05, 4.69) is 16.8 Å². The Kier molecular flexibility index (Phi) is 7.30. The number of ketones is 1. The van der Waals surface area contributed by atoms with Crippen molar-refractivity contribution >= 4 is 17.3 Å². The van der Waals surface area contributed by atoms with Gasteiger partial charge in [0.15, 0.2) is 5.78 Å². The summed E-state index contributed by atoms with van der Waals surface area (Å²) in [5.41, 5.74) is 7.90. The molecule has 0 aliphatic carbocycles. The van der Waals surface area contributed by atoms with Gasteiger partial charge in [-0.3, -0.25) is 9.69 Å². The van der Waals surface area contributed by atoms with Crippen molar-refractivity contribution < 1.29 is 22.7 Å². The molecule has 0 unspecified atom stereocenters. The summed E-state index contributed by atoms with van der Waals surface area (Å²) in [6.45, 7) is 5.08. The van der Waals surface area contributed by atoms with Gasteiger partial charge in [-0.1, -0.05) is 19.4 Å². The molecule has 2 aliphatic heterocycles. The van der Waals surface area contributed by atoms with Crippen LogP contribution in [0.4, 0.5) is 24.7 Å². The summed E-state index contributed by atoms with van der Waals surface area (Å²) in [6, 6.07) is 5.97. The predicted octanol–water partition coefficient (Wildman–Crippen LogP) is 4.59. The van der Waals surface area contributed by atoms with E-state index in [1.54, 1.807) is 11.0 Å². The lowest BCUT2D eigenvalue weighted by molar-refractivity contribution is -0.137. The number of likely N-dealkylation sites (tertiary alicyclic amines) is 1. The number of fused-ring (bicyclic) bond motifs is 1. The average molecular weight is 477 g/mol. The van der Waals surface area contributed by atoms with Gasteiger partial charge in [-0.2, -0.15) is 18.2 Å². The number of rotatable bonds is 8. The second-order valence-electron chi connectivity index (χ2n) is 9.14. The molecule has 0 amide bonds. The fourth-order valence-corrected chi connectivity index (χ4v) is 4.63. The first-order valence-electron chi connectivity index (χ1n) is 11.8. The summed E-state index contributed by atoms with van der Waals surface area (Å²) in [5, 5.41) is 0. The molecule has 2 aliphatic rings. The molecule has 184 valence electrons. The van der Waals surface area contributed by atoms with E-state index in [9.17, 15) is 18.0 Å². The van der Waals surface area contributed by atoms with Crippen LogP contribution < -0.4 is 15.4 Å². The molecule has 34 heavy (non-hydrogen) atoms. The average Bonchev–Trinajstić information content (AvgIpc) is 3.27. The second-order valence-corrected chi connectivity index (χ2v) is 9.14. The van der Waals surface area contributed by atoms with Crippen molar-refractivity contribution in [3.63, 3.8) is 0 Å². The number of carbonyl (C=O) groups excluding carboxylic acids is 1. The van der Waals surface area contributed by atoms with Crippen LogP contribution in [0.25, 0.3) is 0 Å². The Morgan fingerprint density at radius 3 is 2.47 bits per heavy atom. The lowest BCUT2D eigenvalue weighted by Crippen LogP contribution is -2.36. The number of anilines is 2. The van der Waals surface area contributed by atoms with E-state index in [0.29, 0.717) is 41.4 Å². The van der Waals surface area contributed by atoms with Crippen molar-refractivity contribution in [2.75, 3.05) is 36.9 Å². The van der Waals surface area contributed by atoms with E-state index in [-0.39, 0.29) is 31.1 Å². The van der Waals surface area contributed by atoms with Crippen molar-refractivity contribution in [1.82, 2.24) is 9.88 Å². The molecule has 0 atom stereocenters. The van der Waals surface area contributed by atoms with Gasteiger partial charge in [0.25, 0.3) is 0 Å². The number of halogens is 3. The number of hydrogen-bond acceptors (Lipinski definition) is 6. The van der Waals surface area contributed by atoms with Gasteiger partial charge in [-0.25, -0.2) is 0 Å². The van der Waals surface area contributed by atoms with Crippen LogP contribution in [-0.4, -0.2) is 41.9 Å². The van der Waals surface area contributed by atoms with Gasteiger partial charge in [0.2, 0.25) is 5.88 Å². The number of benzene rings is 1. The minimum Gasteiger partial charge on any atom is -0.478 e. The number of hydrogen-bond donors (Lipinski definition) is 1. The van der Waals surface area contributed by atoms with Crippen LogP contribution in [-0.2, 0) is 30.5 Å². The molecule has 2 aromatic rings. The zero-order valence-electron chi connectivity index (χ0n) is 19.5. The fourth-order valence-electron chi connectivity index (χ4n) is 4.63. The van der Waals surface area contributed by atoms with Gasteiger partial charge >= 0.3 is 6.18 Å². The smallest absolute Gasteiger partial charge is 0.416 e. The first-order chi connectivity index (χ1) is 16.2. The summed E-state index contributed by atoms with van der Waals surface area (Å²) in [5.74, 6) is 0.536. The molecular weight excluding hydrogens is 445 g/mol. The van der Waals surface area contributed by atoms with Crippen LogP contribution in [0.3, 0.4) is 0 Å². The number of aromatic nitrogens is 1. The van der Waals surface area contributed by atoms with E-state index < -0.39 is 11.7 Å². The van der Waals surface area contributed by atoms with Crippen LogP contribution >= 0.6 is 0 Å². The van der Waals surface area contributed by atoms with Gasteiger partial charge in [0, 0.05) is 31.1 Å². The standard InChI is InChI=1S/C25H31F3N4O2/c1-2-3-8-34-23-13-22-21(24(29)30-23)12-20(33)16-32(22)15-18-9-17(14-31-6-4-5-7-31)10-19(11-18)25(26,27)28/h9-11,13H,2-8,12,14-16H2,1H3,(H2,29,30). The van der Waals surface area contributed by atoms with Gasteiger partial charge in [0.05, 0.1) is 24.4 Å². The quantitative estimate of drug-likeness (QED) is 0.562. The minimum absolute atomic E-state index is 0.0510. The molecule has 2 N–H and O–H groups in total. The third-order valence-electron chi connectivity index (χ3n) is 6.30. The highest BCUT2D eigenvalue weighted by atomic mass is 19.4. The summed E-state index contributed by atoms with van der Waals surface area (Å²) in [4.78, 5) is 20.7. The number of nitrogen functional groups attached to an aromatic ring is 1. The maximum atomic E-state index is 13.7. The Morgan fingerprint density at radius 1 is 1.09 bits per heavy atom. The van der Waals surface area contributed by atoms with E-state index in [1.807, 2.05) is 6.07 Å². The SMILES string of the molecule is CCCCOc1cc2c(c(N)n1)CC(=O)CN2Cc1cc(CN2CCCC2)cc(C(F)(F)F)c1. The third kappa shape index (κ3) is 5.81. The van der Waals surface area contributed by atoms with Crippen molar-refractivity contribution in [2.45, 2.75) is 58.3 Å². The van der Waals surface area contributed by atoms with Gasteiger partial charge < -0.3 is 15.4 Å². The number of carbonyl (C=O) groups is 1. The Hall–Kier alpha value is -2.81. The monoisotopic (exact) mass is 476 g/mol. The maximum Gasteiger partial charge on any atom is 0.416 e. The van der Waals surface area contributed by atoms with Crippen LogP contribution in [0.2, 0.25) is 0 Å².